The molecule has 0 bridgehead atoms. The van der Waals surface area contributed by atoms with Gasteiger partial charge in [-0.05, 0) is 37.5 Å². The lowest BCUT2D eigenvalue weighted by molar-refractivity contribution is 0.0928. The van der Waals surface area contributed by atoms with E-state index in [9.17, 15) is 9.90 Å². The molecule has 1 aromatic rings. The van der Waals surface area contributed by atoms with E-state index in [1.165, 1.54) is 0 Å². The van der Waals surface area contributed by atoms with Crippen LogP contribution in [0.3, 0.4) is 0 Å². The summed E-state index contributed by atoms with van der Waals surface area (Å²) in [5.41, 5.74) is 1.33. The Bertz CT molecular complexity index is 414. The van der Waals surface area contributed by atoms with Crippen LogP contribution < -0.4 is 10.6 Å². The Kier molecular flexibility index (Phi) is 3.49. The van der Waals surface area contributed by atoms with Crippen molar-refractivity contribution in [3.05, 3.63) is 23.8 Å². The summed E-state index contributed by atoms with van der Waals surface area (Å²) in [5, 5.41) is 14.9. The molecule has 17 heavy (non-hydrogen) atoms. The van der Waals surface area contributed by atoms with Crippen LogP contribution in [0, 0.1) is 6.92 Å². The van der Waals surface area contributed by atoms with Crippen LogP contribution in [0.4, 0.5) is 10.5 Å². The number of carbonyl (C=O) groups excluding carboxylic acids is 1. The number of amides is 2. The molecule has 1 atom stereocenters. The highest BCUT2D eigenvalue weighted by Gasteiger charge is 2.17. The lowest BCUT2D eigenvalue weighted by atomic mass is 10.2. The first-order valence-corrected chi connectivity index (χ1v) is 5.64. The normalized spacial score (nSPS) is 19.0. The van der Waals surface area contributed by atoms with Gasteiger partial charge < -0.3 is 20.5 Å². The summed E-state index contributed by atoms with van der Waals surface area (Å²) < 4.78 is 5.28. The number of benzene rings is 1. The summed E-state index contributed by atoms with van der Waals surface area (Å²) in [6.07, 6.45) is 1.57. The highest BCUT2D eigenvalue weighted by Crippen LogP contribution is 2.23. The fourth-order valence-corrected chi connectivity index (χ4v) is 1.74. The van der Waals surface area contributed by atoms with Crippen molar-refractivity contribution in [3.63, 3.8) is 0 Å². The van der Waals surface area contributed by atoms with Crippen molar-refractivity contribution in [2.75, 3.05) is 11.9 Å². The summed E-state index contributed by atoms with van der Waals surface area (Å²) in [4.78, 5) is 11.6. The maximum absolute atomic E-state index is 11.6. The van der Waals surface area contributed by atoms with Crippen molar-refractivity contribution in [2.45, 2.75) is 26.0 Å². The molecule has 5 heteroatoms. The maximum Gasteiger partial charge on any atom is 0.321 e. The van der Waals surface area contributed by atoms with E-state index in [1.807, 2.05) is 13.0 Å². The van der Waals surface area contributed by atoms with Crippen LogP contribution in [0.2, 0.25) is 0 Å². The van der Waals surface area contributed by atoms with E-state index in [-0.39, 0.29) is 18.0 Å². The van der Waals surface area contributed by atoms with Crippen LogP contribution in [0.5, 0.6) is 5.75 Å². The first-order valence-electron chi connectivity index (χ1n) is 5.64. The van der Waals surface area contributed by atoms with Crippen LogP contribution in [0.25, 0.3) is 0 Å². The number of urea groups is 1. The number of anilines is 1. The van der Waals surface area contributed by atoms with Gasteiger partial charge in [-0.3, -0.25) is 0 Å². The van der Waals surface area contributed by atoms with Crippen LogP contribution in [0.1, 0.15) is 18.4 Å². The molecule has 5 nitrogen and oxygen atoms in total. The minimum Gasteiger partial charge on any atom is -0.506 e. The molecule has 0 spiro atoms. The molecule has 1 aliphatic rings. The molecule has 0 radical (unpaired) electrons. The first-order chi connectivity index (χ1) is 8.15. The van der Waals surface area contributed by atoms with Gasteiger partial charge in [-0.15, -0.1) is 0 Å². The average molecular weight is 236 g/mol. The number of carbonyl (C=O) groups is 1. The number of hydrogen-bond acceptors (Lipinski definition) is 3. The molecule has 2 rings (SSSR count). The zero-order valence-electron chi connectivity index (χ0n) is 9.69. The molecule has 1 saturated heterocycles. The van der Waals surface area contributed by atoms with Gasteiger partial charge in [-0.25, -0.2) is 4.79 Å². The third-order valence-corrected chi connectivity index (χ3v) is 2.62. The number of ether oxygens (including phenoxy) is 1. The number of rotatable bonds is 2. The second kappa shape index (κ2) is 5.05. The van der Waals surface area contributed by atoms with E-state index in [4.69, 9.17) is 4.74 Å². The Morgan fingerprint density at radius 2 is 2.35 bits per heavy atom. The minimum atomic E-state index is -0.365. The van der Waals surface area contributed by atoms with Crippen LogP contribution in [0.15, 0.2) is 18.2 Å². The van der Waals surface area contributed by atoms with Gasteiger partial charge in [0, 0.05) is 6.61 Å². The van der Waals surface area contributed by atoms with Gasteiger partial charge in [0.25, 0.3) is 0 Å². The average Bonchev–Trinajstić information content (AvgIpc) is 2.75. The van der Waals surface area contributed by atoms with E-state index in [1.54, 1.807) is 12.1 Å². The van der Waals surface area contributed by atoms with Gasteiger partial charge in [0.15, 0.2) is 0 Å². The number of nitrogens with one attached hydrogen (secondary N) is 2. The molecular weight excluding hydrogens is 220 g/mol. The monoisotopic (exact) mass is 236 g/mol. The fourth-order valence-electron chi connectivity index (χ4n) is 1.74. The number of phenols is 1. The predicted octanol–water partition coefficient (Wildman–Crippen LogP) is 1.96. The van der Waals surface area contributed by atoms with Crippen molar-refractivity contribution in [2.24, 2.45) is 0 Å². The number of aryl methyl sites for hydroxylation is 1. The number of phenolic OH excluding ortho intramolecular Hbond substituents is 1. The molecule has 1 heterocycles. The number of aromatic hydroxyl groups is 1. The van der Waals surface area contributed by atoms with Crippen molar-refractivity contribution in [1.29, 1.82) is 0 Å². The van der Waals surface area contributed by atoms with Crippen molar-refractivity contribution in [3.8, 4) is 5.75 Å². The molecule has 0 saturated carbocycles. The Morgan fingerprint density at radius 3 is 3.00 bits per heavy atom. The van der Waals surface area contributed by atoms with E-state index in [0.717, 1.165) is 18.4 Å². The highest BCUT2D eigenvalue weighted by molar-refractivity contribution is 5.90. The molecule has 3 N–H and O–H groups in total. The lowest BCUT2D eigenvalue weighted by Crippen LogP contribution is -2.37. The molecule has 1 unspecified atom stereocenters. The van der Waals surface area contributed by atoms with Crippen molar-refractivity contribution >= 4 is 11.7 Å². The Hall–Kier alpha value is -1.75. The second-order valence-corrected chi connectivity index (χ2v) is 4.12. The molecule has 92 valence electrons. The maximum atomic E-state index is 11.6. The molecule has 2 amide bonds. The molecule has 1 aliphatic heterocycles. The summed E-state index contributed by atoms with van der Waals surface area (Å²) in [6, 6.07) is 4.72. The second-order valence-electron chi connectivity index (χ2n) is 4.12. The Labute approximate surface area is 99.8 Å². The minimum absolute atomic E-state index is 0.0625. The van der Waals surface area contributed by atoms with Gasteiger partial charge >= 0.3 is 6.03 Å². The smallest absolute Gasteiger partial charge is 0.321 e. The summed E-state index contributed by atoms with van der Waals surface area (Å²) in [7, 11) is 0. The quantitative estimate of drug-likeness (QED) is 0.687. The van der Waals surface area contributed by atoms with Crippen molar-refractivity contribution in [1.82, 2.24) is 5.32 Å². The third-order valence-electron chi connectivity index (χ3n) is 2.62. The molecule has 1 fully saturated rings. The van der Waals surface area contributed by atoms with Gasteiger partial charge in [0.1, 0.15) is 12.0 Å². The first kappa shape index (κ1) is 11.7. The zero-order chi connectivity index (χ0) is 12.3. The number of hydrogen-bond donors (Lipinski definition) is 3. The van der Waals surface area contributed by atoms with Crippen LogP contribution in [-0.2, 0) is 4.74 Å². The fraction of sp³-hybridized carbons (Fsp3) is 0.417. The molecule has 1 aromatic carbocycles. The largest absolute Gasteiger partial charge is 0.506 e. The van der Waals surface area contributed by atoms with Gasteiger partial charge in [0.05, 0.1) is 5.69 Å². The molecule has 0 aromatic heterocycles. The Balaban J connectivity index is 1.93. The van der Waals surface area contributed by atoms with Crippen LogP contribution >= 0.6 is 0 Å². The van der Waals surface area contributed by atoms with Gasteiger partial charge in [-0.2, -0.15) is 0 Å². The summed E-state index contributed by atoms with van der Waals surface area (Å²) in [6.45, 7) is 2.55. The Morgan fingerprint density at radius 1 is 1.53 bits per heavy atom. The SMILES string of the molecule is Cc1ccc(NC(=O)NC2CCCO2)c(O)c1. The van der Waals surface area contributed by atoms with Gasteiger partial charge in [0.2, 0.25) is 0 Å². The standard InChI is InChI=1S/C12H16N2O3/c1-8-4-5-9(10(15)7-8)13-12(16)14-11-3-2-6-17-11/h4-5,7,11,15H,2-3,6H2,1H3,(H2,13,14,16). The zero-order valence-corrected chi connectivity index (χ0v) is 9.69. The van der Waals surface area contributed by atoms with E-state index in [0.29, 0.717) is 12.3 Å². The van der Waals surface area contributed by atoms with Crippen LogP contribution in [-0.4, -0.2) is 24.0 Å². The van der Waals surface area contributed by atoms with Crippen molar-refractivity contribution < 1.29 is 14.6 Å². The lowest BCUT2D eigenvalue weighted by Gasteiger charge is -2.13. The summed E-state index contributed by atoms with van der Waals surface area (Å²) in [5.74, 6) is 0.0625. The van der Waals surface area contributed by atoms with E-state index in [2.05, 4.69) is 10.6 Å². The summed E-state index contributed by atoms with van der Waals surface area (Å²) >= 11 is 0. The predicted molar refractivity (Wildman–Crippen MR) is 64.0 cm³/mol. The van der Waals surface area contributed by atoms with E-state index >= 15 is 0 Å². The topological polar surface area (TPSA) is 70.6 Å². The molecule has 0 aliphatic carbocycles. The van der Waals surface area contributed by atoms with Gasteiger partial charge in [-0.1, -0.05) is 6.07 Å². The third kappa shape index (κ3) is 3.10. The highest BCUT2D eigenvalue weighted by atomic mass is 16.5. The van der Waals surface area contributed by atoms with E-state index < -0.39 is 0 Å². The molecular formula is C12H16N2O3.